The second-order valence-corrected chi connectivity index (χ2v) is 7.85. The number of nitrogens with one attached hydrogen (secondary N) is 1. The van der Waals surface area contributed by atoms with Crippen molar-refractivity contribution in [1.82, 2.24) is 5.32 Å². The van der Waals surface area contributed by atoms with Gasteiger partial charge in [0.2, 0.25) is 11.8 Å². The topological polar surface area (TPSA) is 92.4 Å². The molecular formula is C21H34N2O3S. The molecule has 0 saturated heterocycles. The SMILES string of the molecule is CCCCCCCC(=O)N[C@H](CC(N)=O)C(CCCc1ccccc1)SO. The number of carbonyl (C=O) groups excluding carboxylic acids is 2. The largest absolute Gasteiger partial charge is 0.370 e. The standard InChI is InChI=1S/C21H34N2O3S/c1-2-3-4-5-9-15-21(25)23-18(16-20(22)24)19(27-26)14-10-13-17-11-7-6-8-12-17/h6-8,11-12,18-19,26H,2-5,9-10,13-16H2,1H3,(H2,22,24)(H,23,25)/t18-,19?/m1/s1. The lowest BCUT2D eigenvalue weighted by Gasteiger charge is -2.25. The fourth-order valence-electron chi connectivity index (χ4n) is 3.14. The first kappa shape index (κ1) is 23.5. The Morgan fingerprint density at radius 2 is 1.81 bits per heavy atom. The van der Waals surface area contributed by atoms with E-state index in [9.17, 15) is 14.1 Å². The van der Waals surface area contributed by atoms with Crippen LogP contribution in [0.5, 0.6) is 0 Å². The molecule has 4 N–H and O–H groups in total. The molecule has 27 heavy (non-hydrogen) atoms. The molecule has 1 unspecified atom stereocenters. The third-order valence-electron chi connectivity index (χ3n) is 4.66. The van der Waals surface area contributed by atoms with Crippen LogP contribution < -0.4 is 11.1 Å². The molecule has 0 aliphatic rings. The molecule has 1 aromatic carbocycles. The van der Waals surface area contributed by atoms with Gasteiger partial charge < -0.3 is 15.6 Å². The highest BCUT2D eigenvalue weighted by molar-refractivity contribution is 7.94. The monoisotopic (exact) mass is 394 g/mol. The molecule has 1 aromatic rings. The normalized spacial score (nSPS) is 13.1. The zero-order valence-electron chi connectivity index (χ0n) is 16.4. The molecule has 0 aliphatic carbocycles. The van der Waals surface area contributed by atoms with Gasteiger partial charge in [-0.25, -0.2) is 0 Å². The minimum atomic E-state index is -0.467. The van der Waals surface area contributed by atoms with Crippen LogP contribution in [0.3, 0.4) is 0 Å². The Labute approximate surface area is 167 Å². The second kappa shape index (κ2) is 14.5. The molecule has 0 fully saturated rings. The van der Waals surface area contributed by atoms with Crippen LogP contribution in [0.1, 0.15) is 70.3 Å². The first-order valence-electron chi connectivity index (χ1n) is 9.98. The molecule has 0 saturated carbocycles. The van der Waals surface area contributed by atoms with Crippen LogP contribution in [0.25, 0.3) is 0 Å². The number of unbranched alkanes of at least 4 members (excludes halogenated alkanes) is 4. The lowest BCUT2D eigenvalue weighted by atomic mass is 10.0. The Bertz CT molecular complexity index is 539. The van der Waals surface area contributed by atoms with E-state index in [4.69, 9.17) is 5.73 Å². The Morgan fingerprint density at radius 3 is 2.44 bits per heavy atom. The van der Waals surface area contributed by atoms with Gasteiger partial charge in [-0.2, -0.15) is 0 Å². The van der Waals surface area contributed by atoms with Crippen molar-refractivity contribution in [3.8, 4) is 0 Å². The Hall–Kier alpha value is -1.53. The van der Waals surface area contributed by atoms with Crippen molar-refractivity contribution in [2.75, 3.05) is 0 Å². The highest BCUT2D eigenvalue weighted by Gasteiger charge is 2.25. The summed E-state index contributed by atoms with van der Waals surface area (Å²) >= 11 is 0.710. The van der Waals surface area contributed by atoms with E-state index in [0.29, 0.717) is 24.9 Å². The van der Waals surface area contributed by atoms with Crippen LogP contribution >= 0.6 is 12.0 Å². The summed E-state index contributed by atoms with van der Waals surface area (Å²) in [4.78, 5) is 23.6. The van der Waals surface area contributed by atoms with Crippen LogP contribution in [0.2, 0.25) is 0 Å². The van der Waals surface area contributed by atoms with Gasteiger partial charge in [0, 0.05) is 12.8 Å². The number of hydrogen-bond acceptors (Lipinski definition) is 4. The number of hydrogen-bond donors (Lipinski definition) is 3. The van der Waals surface area contributed by atoms with Crippen molar-refractivity contribution in [2.24, 2.45) is 5.73 Å². The average Bonchev–Trinajstić information content (AvgIpc) is 2.65. The quantitative estimate of drug-likeness (QED) is 0.305. The van der Waals surface area contributed by atoms with Crippen molar-refractivity contribution in [3.63, 3.8) is 0 Å². The zero-order valence-corrected chi connectivity index (χ0v) is 17.2. The van der Waals surface area contributed by atoms with Crippen LogP contribution in [-0.2, 0) is 16.0 Å². The zero-order chi connectivity index (χ0) is 19.9. The van der Waals surface area contributed by atoms with E-state index in [1.54, 1.807) is 0 Å². The molecule has 0 aromatic heterocycles. The summed E-state index contributed by atoms with van der Waals surface area (Å²) in [6, 6.07) is 9.70. The maximum atomic E-state index is 12.2. The van der Waals surface area contributed by atoms with E-state index >= 15 is 0 Å². The predicted molar refractivity (Wildman–Crippen MR) is 113 cm³/mol. The Kier molecular flexibility index (Phi) is 12.6. The lowest BCUT2D eigenvalue weighted by molar-refractivity contribution is -0.122. The fraction of sp³-hybridized carbons (Fsp3) is 0.619. The van der Waals surface area contributed by atoms with Crippen molar-refractivity contribution < 1.29 is 14.1 Å². The third-order valence-corrected chi connectivity index (χ3v) is 5.49. The van der Waals surface area contributed by atoms with Gasteiger partial charge in [-0.15, -0.1) is 0 Å². The van der Waals surface area contributed by atoms with Crippen molar-refractivity contribution in [2.45, 2.75) is 82.4 Å². The third kappa shape index (κ3) is 11.0. The lowest BCUT2D eigenvalue weighted by Crippen LogP contribution is -2.44. The molecule has 0 radical (unpaired) electrons. The van der Waals surface area contributed by atoms with Gasteiger partial charge in [-0.1, -0.05) is 62.9 Å². The van der Waals surface area contributed by atoms with Gasteiger partial charge in [0.1, 0.15) is 0 Å². The molecule has 2 atom stereocenters. The van der Waals surface area contributed by atoms with Gasteiger partial charge in [-0.05, 0) is 43.3 Å². The van der Waals surface area contributed by atoms with E-state index in [1.807, 2.05) is 18.2 Å². The molecule has 0 heterocycles. The molecule has 5 nitrogen and oxygen atoms in total. The molecule has 0 bridgehead atoms. The number of rotatable bonds is 15. The van der Waals surface area contributed by atoms with Crippen LogP contribution in [0.15, 0.2) is 30.3 Å². The first-order chi connectivity index (χ1) is 13.1. The Morgan fingerprint density at radius 1 is 1.11 bits per heavy atom. The summed E-state index contributed by atoms with van der Waals surface area (Å²) in [5, 5.41) is 2.67. The van der Waals surface area contributed by atoms with E-state index in [2.05, 4.69) is 24.4 Å². The van der Waals surface area contributed by atoms with Gasteiger partial charge >= 0.3 is 0 Å². The number of amides is 2. The van der Waals surface area contributed by atoms with E-state index in [1.165, 1.54) is 18.4 Å². The molecule has 152 valence electrons. The second-order valence-electron chi connectivity index (χ2n) is 7.03. The summed E-state index contributed by atoms with van der Waals surface area (Å²) in [5.74, 6) is -0.537. The highest BCUT2D eigenvalue weighted by Crippen LogP contribution is 2.21. The number of primary amides is 1. The minimum Gasteiger partial charge on any atom is -0.370 e. The van der Waals surface area contributed by atoms with Gasteiger partial charge in [-0.3, -0.25) is 9.59 Å². The number of aryl methyl sites for hydroxylation is 1. The molecular weight excluding hydrogens is 360 g/mol. The minimum absolute atomic E-state index is 0.0468. The van der Waals surface area contributed by atoms with Gasteiger partial charge in [0.15, 0.2) is 0 Å². The molecule has 1 rings (SSSR count). The van der Waals surface area contributed by atoms with Crippen LogP contribution in [0.4, 0.5) is 0 Å². The van der Waals surface area contributed by atoms with Crippen LogP contribution in [0, 0.1) is 0 Å². The molecule has 2 amide bonds. The predicted octanol–water partition coefficient (Wildman–Crippen LogP) is 4.30. The van der Waals surface area contributed by atoms with E-state index in [0.717, 1.165) is 32.1 Å². The van der Waals surface area contributed by atoms with E-state index in [-0.39, 0.29) is 17.6 Å². The maximum Gasteiger partial charge on any atom is 0.220 e. The van der Waals surface area contributed by atoms with Gasteiger partial charge in [0.05, 0.1) is 11.3 Å². The first-order valence-corrected chi connectivity index (χ1v) is 10.8. The molecule has 0 spiro atoms. The number of carbonyl (C=O) groups is 2. The summed E-state index contributed by atoms with van der Waals surface area (Å²) in [6.07, 6.45) is 8.35. The number of nitrogens with two attached hydrogens (primary N) is 1. The van der Waals surface area contributed by atoms with Crippen LogP contribution in [-0.4, -0.2) is 27.7 Å². The molecule has 6 heteroatoms. The highest BCUT2D eigenvalue weighted by atomic mass is 32.2. The summed E-state index contributed by atoms with van der Waals surface area (Å²) in [5.41, 5.74) is 6.59. The smallest absolute Gasteiger partial charge is 0.220 e. The van der Waals surface area contributed by atoms with Gasteiger partial charge in [0.25, 0.3) is 0 Å². The summed E-state index contributed by atoms with van der Waals surface area (Å²) in [7, 11) is 0. The van der Waals surface area contributed by atoms with Crippen molar-refractivity contribution in [3.05, 3.63) is 35.9 Å². The van der Waals surface area contributed by atoms with E-state index < -0.39 is 11.9 Å². The summed E-state index contributed by atoms with van der Waals surface area (Å²) < 4.78 is 9.71. The number of benzene rings is 1. The fourth-order valence-corrected chi connectivity index (χ4v) is 3.72. The Balaban J connectivity index is 2.47. The maximum absolute atomic E-state index is 12.2. The molecule has 0 aliphatic heterocycles. The average molecular weight is 395 g/mol. The van der Waals surface area contributed by atoms with Crippen molar-refractivity contribution >= 4 is 23.9 Å². The summed E-state index contributed by atoms with van der Waals surface area (Å²) in [6.45, 7) is 2.16. The van der Waals surface area contributed by atoms with Crippen molar-refractivity contribution in [1.29, 1.82) is 0 Å².